The molecule has 0 saturated heterocycles. The highest BCUT2D eigenvalue weighted by Crippen LogP contribution is 2.29. The molecule has 1 aromatic carbocycles. The lowest BCUT2D eigenvalue weighted by Crippen LogP contribution is -2.26. The topological polar surface area (TPSA) is 57.2 Å². The Kier molecular flexibility index (Phi) is 4.81. The third-order valence-electron chi connectivity index (χ3n) is 3.45. The molecule has 112 valence electrons. The van der Waals surface area contributed by atoms with Gasteiger partial charge in [0.05, 0.1) is 12.3 Å². The van der Waals surface area contributed by atoms with Gasteiger partial charge in [-0.3, -0.25) is 4.79 Å². The quantitative estimate of drug-likeness (QED) is 0.919. The van der Waals surface area contributed by atoms with Crippen molar-refractivity contribution in [3.8, 4) is 17.0 Å². The first-order chi connectivity index (χ1) is 10.1. The third kappa shape index (κ3) is 3.16. The molecule has 0 amide bonds. The Bertz CT molecular complexity index is 675. The number of aromatic nitrogens is 1. The number of hydrogen-bond acceptors (Lipinski definition) is 3. The molecule has 1 aromatic heterocycles. The average Bonchev–Trinajstić information content (AvgIpc) is 2.48. The lowest BCUT2D eigenvalue weighted by atomic mass is 10.1. The van der Waals surface area contributed by atoms with Gasteiger partial charge in [-0.25, -0.2) is 0 Å². The molecule has 1 atom stereocenters. The summed E-state index contributed by atoms with van der Waals surface area (Å²) >= 11 is 0. The van der Waals surface area contributed by atoms with E-state index in [-0.39, 0.29) is 11.6 Å². The molecule has 0 aliphatic heterocycles. The van der Waals surface area contributed by atoms with Crippen LogP contribution in [0.3, 0.4) is 0 Å². The fraction of sp³-hybridized carbons (Fsp3) is 0.353. The van der Waals surface area contributed by atoms with Crippen LogP contribution in [0.5, 0.6) is 5.75 Å². The third-order valence-corrected chi connectivity index (χ3v) is 3.45. The van der Waals surface area contributed by atoms with Crippen LogP contribution in [-0.2, 0) is 7.05 Å². The second-order valence-electron chi connectivity index (χ2n) is 5.17. The minimum Gasteiger partial charge on any atom is -0.493 e. The van der Waals surface area contributed by atoms with Crippen molar-refractivity contribution in [2.75, 3.05) is 6.61 Å². The van der Waals surface area contributed by atoms with Crippen molar-refractivity contribution in [2.45, 2.75) is 26.3 Å². The molecule has 4 nitrogen and oxygen atoms in total. The summed E-state index contributed by atoms with van der Waals surface area (Å²) < 4.78 is 7.40. The smallest absolute Gasteiger partial charge is 0.255 e. The van der Waals surface area contributed by atoms with Gasteiger partial charge in [0, 0.05) is 24.2 Å². The summed E-state index contributed by atoms with van der Waals surface area (Å²) in [5.74, 6) is 0.794. The van der Waals surface area contributed by atoms with Crippen molar-refractivity contribution in [3.05, 3.63) is 52.3 Å². The Morgan fingerprint density at radius 2 is 1.95 bits per heavy atom. The molecule has 0 aliphatic rings. The maximum absolute atomic E-state index is 12.4. The molecule has 0 spiro atoms. The molecule has 0 fully saturated rings. The van der Waals surface area contributed by atoms with Crippen LogP contribution in [0.15, 0.2) is 41.2 Å². The maximum atomic E-state index is 12.4. The van der Waals surface area contributed by atoms with Gasteiger partial charge in [0.1, 0.15) is 5.75 Å². The van der Waals surface area contributed by atoms with E-state index >= 15 is 0 Å². The molecule has 0 bridgehead atoms. The number of nitrogens with zero attached hydrogens (tertiary/aromatic N) is 1. The van der Waals surface area contributed by atoms with Crippen LogP contribution in [0.2, 0.25) is 0 Å². The van der Waals surface area contributed by atoms with Gasteiger partial charge in [0.2, 0.25) is 0 Å². The van der Waals surface area contributed by atoms with Gasteiger partial charge < -0.3 is 15.0 Å². The molecular formula is C17H22N2O2. The molecule has 2 rings (SSSR count). The first-order valence-electron chi connectivity index (χ1n) is 7.24. The van der Waals surface area contributed by atoms with Crippen LogP contribution in [0.1, 0.15) is 31.9 Å². The van der Waals surface area contributed by atoms with E-state index in [0.717, 1.165) is 23.4 Å². The number of benzene rings is 1. The lowest BCUT2D eigenvalue weighted by Gasteiger charge is -2.15. The molecule has 0 radical (unpaired) electrons. The van der Waals surface area contributed by atoms with E-state index < -0.39 is 0 Å². The number of ether oxygens (including phenoxy) is 1. The van der Waals surface area contributed by atoms with Crippen LogP contribution in [0.4, 0.5) is 0 Å². The van der Waals surface area contributed by atoms with Crippen molar-refractivity contribution in [1.29, 1.82) is 0 Å². The van der Waals surface area contributed by atoms with Gasteiger partial charge in [-0.15, -0.1) is 0 Å². The van der Waals surface area contributed by atoms with E-state index in [0.29, 0.717) is 12.2 Å². The summed E-state index contributed by atoms with van der Waals surface area (Å²) in [7, 11) is 1.76. The number of para-hydroxylation sites is 1. The lowest BCUT2D eigenvalue weighted by molar-refractivity contribution is 0.318. The largest absolute Gasteiger partial charge is 0.493 e. The van der Waals surface area contributed by atoms with Crippen LogP contribution < -0.4 is 16.0 Å². The number of pyridine rings is 1. The Morgan fingerprint density at radius 1 is 1.24 bits per heavy atom. The molecule has 2 aromatic rings. The predicted molar refractivity (Wildman–Crippen MR) is 85.5 cm³/mol. The highest BCUT2D eigenvalue weighted by atomic mass is 16.5. The van der Waals surface area contributed by atoms with Crippen molar-refractivity contribution in [3.63, 3.8) is 0 Å². The molecule has 4 heteroatoms. The predicted octanol–water partition coefficient (Wildman–Crippen LogP) is 2.86. The highest BCUT2D eigenvalue weighted by molar-refractivity contribution is 5.67. The Hall–Kier alpha value is -2.07. The Morgan fingerprint density at radius 3 is 2.62 bits per heavy atom. The van der Waals surface area contributed by atoms with E-state index in [4.69, 9.17) is 10.5 Å². The molecule has 0 aliphatic carbocycles. The van der Waals surface area contributed by atoms with Gasteiger partial charge in [-0.1, -0.05) is 19.1 Å². The number of rotatable bonds is 5. The Labute approximate surface area is 125 Å². The summed E-state index contributed by atoms with van der Waals surface area (Å²) in [5.41, 5.74) is 8.13. The molecular weight excluding hydrogens is 264 g/mol. The summed E-state index contributed by atoms with van der Waals surface area (Å²) in [6, 6.07) is 11.2. The maximum Gasteiger partial charge on any atom is 0.255 e. The first kappa shape index (κ1) is 15.3. The van der Waals surface area contributed by atoms with Crippen LogP contribution in [0.25, 0.3) is 11.3 Å². The van der Waals surface area contributed by atoms with E-state index in [1.165, 1.54) is 0 Å². The molecule has 1 heterocycles. The summed E-state index contributed by atoms with van der Waals surface area (Å²) in [6.45, 7) is 4.54. The zero-order chi connectivity index (χ0) is 15.4. The highest BCUT2D eigenvalue weighted by Gasteiger charge is 2.13. The Balaban J connectivity index is 2.53. The zero-order valence-electron chi connectivity index (χ0n) is 12.8. The van der Waals surface area contributed by atoms with E-state index in [1.54, 1.807) is 17.7 Å². The van der Waals surface area contributed by atoms with Crippen molar-refractivity contribution < 1.29 is 4.74 Å². The average molecular weight is 286 g/mol. The number of hydrogen-bond donors (Lipinski definition) is 1. The second kappa shape index (κ2) is 6.59. The SMILES string of the molecule is CCCOc1ccccc1-c1ccc(C(C)N)c(=O)n1C. The number of nitrogens with two attached hydrogens (primary N) is 1. The van der Waals surface area contributed by atoms with Crippen molar-refractivity contribution in [2.24, 2.45) is 12.8 Å². The van der Waals surface area contributed by atoms with Crippen molar-refractivity contribution >= 4 is 0 Å². The summed E-state index contributed by atoms with van der Waals surface area (Å²) in [6.07, 6.45) is 0.941. The van der Waals surface area contributed by atoms with Gasteiger partial charge in [-0.2, -0.15) is 0 Å². The molecule has 1 unspecified atom stereocenters. The monoisotopic (exact) mass is 286 g/mol. The summed E-state index contributed by atoms with van der Waals surface area (Å²) in [4.78, 5) is 12.4. The molecule has 0 saturated carbocycles. The molecule has 21 heavy (non-hydrogen) atoms. The standard InChI is InChI=1S/C17H22N2O2/c1-4-11-21-16-8-6-5-7-14(16)15-10-9-13(12(2)18)17(20)19(15)3/h5-10,12H,4,11,18H2,1-3H3. The van der Waals surface area contributed by atoms with Crippen LogP contribution >= 0.6 is 0 Å². The first-order valence-corrected chi connectivity index (χ1v) is 7.24. The minimum atomic E-state index is -0.274. The van der Waals surface area contributed by atoms with Gasteiger partial charge in [0.15, 0.2) is 0 Å². The van der Waals surface area contributed by atoms with Gasteiger partial charge in [0.25, 0.3) is 5.56 Å². The minimum absolute atomic E-state index is 0.0622. The normalized spacial score (nSPS) is 12.2. The zero-order valence-corrected chi connectivity index (χ0v) is 12.8. The van der Waals surface area contributed by atoms with Crippen LogP contribution in [0, 0.1) is 0 Å². The van der Waals surface area contributed by atoms with Crippen molar-refractivity contribution in [1.82, 2.24) is 4.57 Å². The van der Waals surface area contributed by atoms with E-state index in [1.807, 2.05) is 37.3 Å². The summed E-state index contributed by atoms with van der Waals surface area (Å²) in [5, 5.41) is 0. The fourth-order valence-electron chi connectivity index (χ4n) is 2.29. The second-order valence-corrected chi connectivity index (χ2v) is 5.17. The van der Waals surface area contributed by atoms with E-state index in [9.17, 15) is 4.79 Å². The van der Waals surface area contributed by atoms with Crippen LogP contribution in [-0.4, -0.2) is 11.2 Å². The van der Waals surface area contributed by atoms with Gasteiger partial charge in [-0.05, 0) is 37.6 Å². The van der Waals surface area contributed by atoms with E-state index in [2.05, 4.69) is 6.92 Å². The molecule has 2 N–H and O–H groups in total. The van der Waals surface area contributed by atoms with Gasteiger partial charge >= 0.3 is 0 Å². The fourth-order valence-corrected chi connectivity index (χ4v) is 2.29.